The van der Waals surface area contributed by atoms with E-state index in [0.717, 1.165) is 5.56 Å². The Morgan fingerprint density at radius 3 is 2.40 bits per heavy atom. The van der Waals surface area contributed by atoms with E-state index >= 15 is 0 Å². The fourth-order valence-corrected chi connectivity index (χ4v) is 3.08. The van der Waals surface area contributed by atoms with Gasteiger partial charge in [0.25, 0.3) is 0 Å². The number of carbonyl (C=O) groups is 2. The molecule has 0 radical (unpaired) electrons. The van der Waals surface area contributed by atoms with E-state index in [0.29, 0.717) is 0 Å². The fraction of sp³-hybridized carbons (Fsp3) is 0.250. The summed E-state index contributed by atoms with van der Waals surface area (Å²) in [6.07, 6.45) is 4.13. The number of benzene rings is 1. The van der Waals surface area contributed by atoms with Gasteiger partial charge in [-0.1, -0.05) is 17.7 Å². The summed E-state index contributed by atoms with van der Waals surface area (Å²) >= 11 is 0. The number of nitrogens with one attached hydrogen (secondary N) is 2. The summed E-state index contributed by atoms with van der Waals surface area (Å²) < 4.78 is 24.6. The molecular weight excluding hydrogens is 344 g/mol. The van der Waals surface area contributed by atoms with Crippen LogP contribution in [-0.4, -0.2) is 36.1 Å². The van der Waals surface area contributed by atoms with Crippen LogP contribution in [0.3, 0.4) is 0 Å². The predicted octanol–water partition coefficient (Wildman–Crippen LogP) is 0.510. The second-order valence-corrected chi connectivity index (χ2v) is 7.37. The normalized spacial score (nSPS) is 12.2. The molecule has 2 N–H and O–H groups in total. The molecule has 0 aliphatic heterocycles. The van der Waals surface area contributed by atoms with Gasteiger partial charge in [0, 0.05) is 19.3 Å². The van der Waals surface area contributed by atoms with Crippen molar-refractivity contribution in [3.05, 3.63) is 54.1 Å². The average Bonchev–Trinajstić information content (AvgIpc) is 2.58. The lowest BCUT2D eigenvalue weighted by Gasteiger charge is -2.16. The third-order valence-electron chi connectivity index (χ3n) is 3.31. The Bertz CT molecular complexity index is 851. The fourth-order valence-electron chi connectivity index (χ4n) is 2.03. The van der Waals surface area contributed by atoms with E-state index in [2.05, 4.69) is 20.6 Å². The molecule has 1 unspecified atom stereocenters. The van der Waals surface area contributed by atoms with Gasteiger partial charge in [0.1, 0.15) is 5.88 Å². The molecule has 8 nitrogen and oxygen atoms in total. The van der Waals surface area contributed by atoms with Crippen LogP contribution in [0.15, 0.2) is 47.8 Å². The molecule has 25 heavy (non-hydrogen) atoms. The molecule has 1 aromatic heterocycles. The average molecular weight is 362 g/mol. The van der Waals surface area contributed by atoms with Crippen molar-refractivity contribution in [3.8, 4) is 0 Å². The Morgan fingerprint density at radius 2 is 1.84 bits per heavy atom. The SMILES string of the molecule is CC(=O)NC(C(=O)NCS(=O)(=O)c1ccc(C)cc1)c1cnccn1. The van der Waals surface area contributed by atoms with E-state index in [1.54, 1.807) is 12.1 Å². The zero-order chi connectivity index (χ0) is 18.4. The summed E-state index contributed by atoms with van der Waals surface area (Å²) in [4.78, 5) is 31.6. The van der Waals surface area contributed by atoms with E-state index in [-0.39, 0.29) is 10.6 Å². The number of nitrogens with zero attached hydrogens (tertiary/aromatic N) is 2. The maximum atomic E-state index is 12.4. The van der Waals surface area contributed by atoms with Crippen molar-refractivity contribution < 1.29 is 18.0 Å². The molecule has 0 saturated carbocycles. The molecule has 0 fully saturated rings. The molecule has 1 atom stereocenters. The Balaban J connectivity index is 2.13. The van der Waals surface area contributed by atoms with Crippen molar-refractivity contribution in [2.24, 2.45) is 0 Å². The van der Waals surface area contributed by atoms with Crippen LogP contribution < -0.4 is 10.6 Å². The van der Waals surface area contributed by atoms with Gasteiger partial charge < -0.3 is 10.6 Å². The van der Waals surface area contributed by atoms with Gasteiger partial charge in [-0.2, -0.15) is 0 Å². The van der Waals surface area contributed by atoms with Gasteiger partial charge in [-0.15, -0.1) is 0 Å². The molecule has 0 aliphatic rings. The summed E-state index contributed by atoms with van der Waals surface area (Å²) in [6, 6.07) is 5.18. The Labute approximate surface area is 145 Å². The first kappa shape index (κ1) is 18.5. The molecule has 9 heteroatoms. The van der Waals surface area contributed by atoms with Crippen molar-refractivity contribution in [1.82, 2.24) is 20.6 Å². The summed E-state index contributed by atoms with van der Waals surface area (Å²) in [5.74, 6) is -1.73. The van der Waals surface area contributed by atoms with Crippen molar-refractivity contribution in [1.29, 1.82) is 0 Å². The molecule has 0 saturated heterocycles. The summed E-state index contributed by atoms with van der Waals surface area (Å²) in [5, 5.41) is 4.76. The number of hydrogen-bond donors (Lipinski definition) is 2. The predicted molar refractivity (Wildman–Crippen MR) is 90.0 cm³/mol. The van der Waals surface area contributed by atoms with Crippen molar-refractivity contribution >= 4 is 21.7 Å². The lowest BCUT2D eigenvalue weighted by atomic mass is 10.2. The Morgan fingerprint density at radius 1 is 1.16 bits per heavy atom. The van der Waals surface area contributed by atoms with Crippen LogP contribution in [0.2, 0.25) is 0 Å². The smallest absolute Gasteiger partial charge is 0.249 e. The number of aryl methyl sites for hydroxylation is 1. The van der Waals surface area contributed by atoms with Gasteiger partial charge in [-0.05, 0) is 19.1 Å². The molecule has 2 aromatic rings. The van der Waals surface area contributed by atoms with Gasteiger partial charge in [0.05, 0.1) is 16.8 Å². The van der Waals surface area contributed by atoms with Gasteiger partial charge in [0.2, 0.25) is 11.8 Å². The second-order valence-electron chi connectivity index (χ2n) is 5.38. The van der Waals surface area contributed by atoms with E-state index in [1.165, 1.54) is 37.6 Å². The largest absolute Gasteiger partial charge is 0.340 e. The first-order chi connectivity index (χ1) is 11.8. The van der Waals surface area contributed by atoms with Crippen molar-refractivity contribution in [3.63, 3.8) is 0 Å². The van der Waals surface area contributed by atoms with Crippen LogP contribution in [0.4, 0.5) is 0 Å². The number of hydrogen-bond acceptors (Lipinski definition) is 6. The standard InChI is InChI=1S/C16H18N4O4S/c1-11-3-5-13(6-4-11)25(23,24)10-19-16(22)15(20-12(2)21)14-9-17-7-8-18-14/h3-9,15H,10H2,1-2H3,(H,19,22)(H,20,21). The zero-order valence-corrected chi connectivity index (χ0v) is 14.6. The highest BCUT2D eigenvalue weighted by molar-refractivity contribution is 7.91. The number of amides is 2. The van der Waals surface area contributed by atoms with Gasteiger partial charge >= 0.3 is 0 Å². The highest BCUT2D eigenvalue weighted by atomic mass is 32.2. The molecule has 2 rings (SSSR count). The second kappa shape index (κ2) is 7.84. The number of aromatic nitrogens is 2. The number of sulfone groups is 1. The molecular formula is C16H18N4O4S. The van der Waals surface area contributed by atoms with Crippen LogP contribution in [0.5, 0.6) is 0 Å². The first-order valence-corrected chi connectivity index (χ1v) is 9.05. The van der Waals surface area contributed by atoms with Crippen LogP contribution in [0, 0.1) is 6.92 Å². The molecule has 0 spiro atoms. The third-order valence-corrected chi connectivity index (χ3v) is 4.82. The van der Waals surface area contributed by atoms with Crippen molar-refractivity contribution in [2.45, 2.75) is 24.8 Å². The zero-order valence-electron chi connectivity index (χ0n) is 13.8. The molecule has 0 bridgehead atoms. The quantitative estimate of drug-likeness (QED) is 0.773. The van der Waals surface area contributed by atoms with E-state index in [4.69, 9.17) is 0 Å². The van der Waals surface area contributed by atoms with Crippen molar-refractivity contribution in [2.75, 3.05) is 5.88 Å². The van der Waals surface area contributed by atoms with Gasteiger partial charge in [-0.3, -0.25) is 19.6 Å². The lowest BCUT2D eigenvalue weighted by Crippen LogP contribution is -2.41. The van der Waals surface area contributed by atoms with E-state index in [9.17, 15) is 18.0 Å². The summed E-state index contributed by atoms with van der Waals surface area (Å²) in [6.45, 7) is 3.09. The topological polar surface area (TPSA) is 118 Å². The monoisotopic (exact) mass is 362 g/mol. The maximum Gasteiger partial charge on any atom is 0.249 e. The van der Waals surface area contributed by atoms with Crippen LogP contribution in [-0.2, 0) is 19.4 Å². The minimum absolute atomic E-state index is 0.106. The van der Waals surface area contributed by atoms with Crippen LogP contribution in [0.1, 0.15) is 24.2 Å². The molecule has 2 amide bonds. The Hall–Kier alpha value is -2.81. The maximum absolute atomic E-state index is 12.4. The molecule has 0 aliphatic carbocycles. The van der Waals surface area contributed by atoms with Crippen LogP contribution >= 0.6 is 0 Å². The molecule has 1 heterocycles. The highest BCUT2D eigenvalue weighted by Gasteiger charge is 2.25. The minimum atomic E-state index is -3.70. The van der Waals surface area contributed by atoms with Gasteiger partial charge in [0.15, 0.2) is 15.9 Å². The Kier molecular flexibility index (Phi) is 5.81. The third kappa shape index (κ3) is 5.08. The highest BCUT2D eigenvalue weighted by Crippen LogP contribution is 2.13. The van der Waals surface area contributed by atoms with Crippen LogP contribution in [0.25, 0.3) is 0 Å². The summed E-state index contributed by atoms with van der Waals surface area (Å²) in [7, 11) is -3.70. The minimum Gasteiger partial charge on any atom is -0.340 e. The lowest BCUT2D eigenvalue weighted by molar-refractivity contribution is -0.128. The molecule has 132 valence electrons. The first-order valence-electron chi connectivity index (χ1n) is 7.40. The number of carbonyl (C=O) groups excluding carboxylic acids is 2. The van der Waals surface area contributed by atoms with Gasteiger partial charge in [-0.25, -0.2) is 8.42 Å². The van der Waals surface area contributed by atoms with E-state index < -0.39 is 33.6 Å². The molecule has 1 aromatic carbocycles. The van der Waals surface area contributed by atoms with E-state index in [1.807, 2.05) is 6.92 Å². The number of rotatable bonds is 6. The summed E-state index contributed by atoms with van der Waals surface area (Å²) in [5.41, 5.74) is 1.14.